The summed E-state index contributed by atoms with van der Waals surface area (Å²) in [4.78, 5) is 23.0. The van der Waals surface area contributed by atoms with Crippen LogP contribution in [0.3, 0.4) is 0 Å². The summed E-state index contributed by atoms with van der Waals surface area (Å²) in [5.74, 6) is -0.607. The fraction of sp³-hybridized carbons (Fsp3) is 0.500. The molecule has 0 unspecified atom stereocenters. The fourth-order valence-electron chi connectivity index (χ4n) is 2.07. The van der Waals surface area contributed by atoms with Gasteiger partial charge in [0.15, 0.2) is 0 Å². The fourth-order valence-corrected chi connectivity index (χ4v) is 2.07. The number of hydrogen-bond donors (Lipinski definition) is 3. The van der Waals surface area contributed by atoms with Gasteiger partial charge >= 0.3 is 12.0 Å². The Kier molecular flexibility index (Phi) is 7.29. The molecule has 5 nitrogen and oxygen atoms in total. The quantitative estimate of drug-likeness (QED) is 0.688. The highest BCUT2D eigenvalue weighted by atomic mass is 16.4. The molecule has 5 heteroatoms. The molecular weight excluding hydrogens is 268 g/mol. The first-order chi connectivity index (χ1) is 10.1. The van der Waals surface area contributed by atoms with E-state index in [-0.39, 0.29) is 6.42 Å². The zero-order valence-corrected chi connectivity index (χ0v) is 12.6. The number of nitrogens with one attached hydrogen (secondary N) is 2. The summed E-state index contributed by atoms with van der Waals surface area (Å²) in [5.41, 5.74) is 0.880. The summed E-state index contributed by atoms with van der Waals surface area (Å²) in [6.45, 7) is 4.71. The summed E-state index contributed by atoms with van der Waals surface area (Å²) in [5, 5.41) is 14.5. The zero-order chi connectivity index (χ0) is 15.7. The Hall–Kier alpha value is -2.04. The second-order valence-corrected chi connectivity index (χ2v) is 5.12. The van der Waals surface area contributed by atoms with Gasteiger partial charge in [0.05, 0.1) is 0 Å². The summed E-state index contributed by atoms with van der Waals surface area (Å²) < 4.78 is 0. The predicted octanol–water partition coefficient (Wildman–Crippen LogP) is 2.42. The summed E-state index contributed by atoms with van der Waals surface area (Å²) >= 11 is 0. The van der Waals surface area contributed by atoms with E-state index >= 15 is 0 Å². The van der Waals surface area contributed by atoms with Gasteiger partial charge in [-0.2, -0.15) is 0 Å². The van der Waals surface area contributed by atoms with E-state index in [0.717, 1.165) is 18.4 Å². The molecule has 3 N–H and O–H groups in total. The van der Waals surface area contributed by atoms with Crippen molar-refractivity contribution in [3.05, 3.63) is 35.9 Å². The lowest BCUT2D eigenvalue weighted by Crippen LogP contribution is -2.48. The number of benzene rings is 1. The lowest BCUT2D eigenvalue weighted by molar-refractivity contribution is -0.139. The number of aliphatic carboxylic acids is 1. The molecule has 0 aliphatic rings. The SMILES string of the molecule is CCC(CC)CNC(=O)N[C@H](Cc1ccccc1)C(=O)O. The Morgan fingerprint density at radius 2 is 1.76 bits per heavy atom. The molecule has 2 amide bonds. The highest BCUT2D eigenvalue weighted by Crippen LogP contribution is 2.06. The number of hydrogen-bond acceptors (Lipinski definition) is 2. The molecule has 0 spiro atoms. The van der Waals surface area contributed by atoms with Crippen molar-refractivity contribution in [3.63, 3.8) is 0 Å². The molecule has 1 rings (SSSR count). The van der Waals surface area contributed by atoms with Gasteiger partial charge in [0.2, 0.25) is 0 Å². The van der Waals surface area contributed by atoms with E-state index in [1.807, 2.05) is 30.3 Å². The van der Waals surface area contributed by atoms with E-state index in [9.17, 15) is 14.7 Å². The molecule has 0 saturated heterocycles. The lowest BCUT2D eigenvalue weighted by Gasteiger charge is -2.17. The molecule has 21 heavy (non-hydrogen) atoms. The number of carboxylic acid groups (broad SMARTS) is 1. The van der Waals surface area contributed by atoms with Crippen molar-refractivity contribution < 1.29 is 14.7 Å². The number of urea groups is 1. The molecule has 116 valence electrons. The normalized spacial score (nSPS) is 12.0. The van der Waals surface area contributed by atoms with Crippen LogP contribution in [0.4, 0.5) is 4.79 Å². The molecule has 0 aromatic heterocycles. The van der Waals surface area contributed by atoms with Crippen molar-refractivity contribution >= 4 is 12.0 Å². The number of carbonyl (C=O) groups is 2. The maximum Gasteiger partial charge on any atom is 0.326 e. The first-order valence-electron chi connectivity index (χ1n) is 7.37. The van der Waals surface area contributed by atoms with Crippen LogP contribution in [0, 0.1) is 5.92 Å². The Balaban J connectivity index is 2.50. The molecule has 0 heterocycles. The number of rotatable bonds is 8. The third-order valence-electron chi connectivity index (χ3n) is 3.59. The smallest absolute Gasteiger partial charge is 0.326 e. The van der Waals surface area contributed by atoms with Crippen LogP contribution in [0.5, 0.6) is 0 Å². The molecule has 0 aliphatic heterocycles. The van der Waals surface area contributed by atoms with Gasteiger partial charge in [0, 0.05) is 13.0 Å². The number of amides is 2. The van der Waals surface area contributed by atoms with Crippen LogP contribution in [0.1, 0.15) is 32.3 Å². The minimum Gasteiger partial charge on any atom is -0.480 e. The first-order valence-corrected chi connectivity index (χ1v) is 7.37. The zero-order valence-electron chi connectivity index (χ0n) is 12.6. The van der Waals surface area contributed by atoms with Crippen LogP contribution in [0.25, 0.3) is 0 Å². The van der Waals surface area contributed by atoms with Gasteiger partial charge in [0.25, 0.3) is 0 Å². The van der Waals surface area contributed by atoms with E-state index in [1.54, 1.807) is 0 Å². The molecule has 0 fully saturated rings. The van der Waals surface area contributed by atoms with Crippen LogP contribution < -0.4 is 10.6 Å². The van der Waals surface area contributed by atoms with Gasteiger partial charge in [-0.3, -0.25) is 0 Å². The molecule has 1 aromatic carbocycles. The Labute approximate surface area is 125 Å². The average molecular weight is 292 g/mol. The van der Waals surface area contributed by atoms with Crippen LogP contribution in [0.2, 0.25) is 0 Å². The van der Waals surface area contributed by atoms with Crippen molar-refractivity contribution in [2.45, 2.75) is 39.2 Å². The van der Waals surface area contributed by atoms with Crippen molar-refractivity contribution in [3.8, 4) is 0 Å². The molecule has 0 bridgehead atoms. The van der Waals surface area contributed by atoms with Crippen molar-refractivity contribution in [1.29, 1.82) is 0 Å². The van der Waals surface area contributed by atoms with E-state index in [0.29, 0.717) is 12.5 Å². The Morgan fingerprint density at radius 3 is 2.29 bits per heavy atom. The first kappa shape index (κ1) is 17.0. The van der Waals surface area contributed by atoms with Crippen LogP contribution in [-0.2, 0) is 11.2 Å². The lowest BCUT2D eigenvalue weighted by atomic mass is 10.0. The molecular formula is C16H24N2O3. The van der Waals surface area contributed by atoms with Gasteiger partial charge in [-0.15, -0.1) is 0 Å². The minimum atomic E-state index is -1.03. The number of carbonyl (C=O) groups excluding carboxylic acids is 1. The number of carboxylic acids is 1. The standard InChI is InChI=1S/C16H24N2O3/c1-3-12(4-2)11-17-16(21)18-14(15(19)20)10-13-8-6-5-7-9-13/h5-9,12,14H,3-4,10-11H2,1-2H3,(H,19,20)(H2,17,18,21)/t14-/m1/s1. The third-order valence-corrected chi connectivity index (χ3v) is 3.59. The van der Waals surface area contributed by atoms with Crippen LogP contribution in [0.15, 0.2) is 30.3 Å². The van der Waals surface area contributed by atoms with Gasteiger partial charge < -0.3 is 15.7 Å². The van der Waals surface area contributed by atoms with Crippen LogP contribution >= 0.6 is 0 Å². The minimum absolute atomic E-state index is 0.272. The second-order valence-electron chi connectivity index (χ2n) is 5.12. The van der Waals surface area contributed by atoms with Crippen molar-refractivity contribution in [1.82, 2.24) is 10.6 Å². The van der Waals surface area contributed by atoms with Gasteiger partial charge in [-0.05, 0) is 11.5 Å². The average Bonchev–Trinajstić information content (AvgIpc) is 2.48. The van der Waals surface area contributed by atoms with Crippen LogP contribution in [-0.4, -0.2) is 29.7 Å². The Morgan fingerprint density at radius 1 is 1.14 bits per heavy atom. The van der Waals surface area contributed by atoms with Gasteiger partial charge in [0.1, 0.15) is 6.04 Å². The summed E-state index contributed by atoms with van der Waals surface area (Å²) in [7, 11) is 0. The van der Waals surface area contributed by atoms with E-state index < -0.39 is 18.0 Å². The Bertz CT molecular complexity index is 444. The van der Waals surface area contributed by atoms with E-state index in [2.05, 4.69) is 24.5 Å². The maximum absolute atomic E-state index is 11.8. The van der Waals surface area contributed by atoms with Gasteiger partial charge in [-0.25, -0.2) is 9.59 Å². The van der Waals surface area contributed by atoms with Gasteiger partial charge in [-0.1, -0.05) is 57.0 Å². The largest absolute Gasteiger partial charge is 0.480 e. The molecule has 0 radical (unpaired) electrons. The maximum atomic E-state index is 11.8. The molecule has 1 aromatic rings. The monoisotopic (exact) mass is 292 g/mol. The highest BCUT2D eigenvalue weighted by molar-refractivity contribution is 5.82. The summed E-state index contributed by atoms with van der Waals surface area (Å²) in [6, 6.07) is 7.91. The van der Waals surface area contributed by atoms with Crippen molar-refractivity contribution in [2.75, 3.05) is 6.54 Å². The predicted molar refractivity (Wildman–Crippen MR) is 82.2 cm³/mol. The highest BCUT2D eigenvalue weighted by Gasteiger charge is 2.20. The van der Waals surface area contributed by atoms with E-state index in [4.69, 9.17) is 0 Å². The summed E-state index contributed by atoms with van der Waals surface area (Å²) in [6.07, 6.45) is 2.25. The molecule has 1 atom stereocenters. The topological polar surface area (TPSA) is 78.4 Å². The second kappa shape index (κ2) is 9.00. The molecule has 0 saturated carbocycles. The molecule has 0 aliphatic carbocycles. The van der Waals surface area contributed by atoms with Crippen molar-refractivity contribution in [2.24, 2.45) is 5.92 Å². The van der Waals surface area contributed by atoms with E-state index in [1.165, 1.54) is 0 Å². The third kappa shape index (κ3) is 6.29.